The predicted octanol–water partition coefficient (Wildman–Crippen LogP) is 3.35. The van der Waals surface area contributed by atoms with Crippen LogP contribution >= 0.6 is 11.3 Å². The fraction of sp³-hybridized carbons (Fsp3) is 0.176. The van der Waals surface area contributed by atoms with E-state index in [9.17, 15) is 0 Å². The Labute approximate surface area is 149 Å². The van der Waals surface area contributed by atoms with Crippen LogP contribution in [0.5, 0.6) is 11.5 Å². The number of nitrogens with zero attached hydrogens (tertiary/aromatic N) is 2. The van der Waals surface area contributed by atoms with Gasteiger partial charge in [0.1, 0.15) is 0 Å². The van der Waals surface area contributed by atoms with Gasteiger partial charge in [-0.2, -0.15) is 0 Å². The normalized spacial score (nSPS) is 11.4. The van der Waals surface area contributed by atoms with Crippen molar-refractivity contribution in [3.8, 4) is 22.3 Å². The molecular formula is C17H18N4O3S. The number of ether oxygens (including phenoxy) is 2. The molecule has 2 heterocycles. The number of hydrogen-bond donors (Lipinski definition) is 2. The van der Waals surface area contributed by atoms with Gasteiger partial charge in [-0.15, -0.1) is 11.3 Å². The number of aromatic nitrogens is 1. The van der Waals surface area contributed by atoms with Crippen molar-refractivity contribution < 1.29 is 13.9 Å². The zero-order chi connectivity index (χ0) is 17.6. The molecule has 0 saturated carbocycles. The van der Waals surface area contributed by atoms with E-state index in [4.69, 9.17) is 19.6 Å². The number of aliphatic imine (C=N–C) groups is 1. The zero-order valence-electron chi connectivity index (χ0n) is 13.9. The molecule has 3 rings (SSSR count). The van der Waals surface area contributed by atoms with E-state index < -0.39 is 0 Å². The number of furan rings is 1. The highest BCUT2D eigenvalue weighted by Crippen LogP contribution is 2.29. The number of nitrogens with two attached hydrogens (primary N) is 1. The minimum atomic E-state index is 0.291. The Bertz CT molecular complexity index is 859. The van der Waals surface area contributed by atoms with Crippen molar-refractivity contribution in [2.75, 3.05) is 19.5 Å². The number of guanidine groups is 1. The lowest BCUT2D eigenvalue weighted by atomic mass is 10.3. The molecule has 0 aliphatic rings. The molecule has 3 aromatic rings. The third kappa shape index (κ3) is 4.10. The minimum absolute atomic E-state index is 0.291. The van der Waals surface area contributed by atoms with Crippen molar-refractivity contribution in [3.05, 3.63) is 47.7 Å². The molecule has 0 atom stereocenters. The molecule has 1 aromatic carbocycles. The van der Waals surface area contributed by atoms with E-state index in [2.05, 4.69) is 15.3 Å². The molecule has 0 amide bonds. The highest BCUT2D eigenvalue weighted by molar-refractivity contribution is 7.13. The van der Waals surface area contributed by atoms with E-state index in [1.54, 1.807) is 32.6 Å². The molecule has 8 heteroatoms. The Kier molecular flexibility index (Phi) is 5.20. The van der Waals surface area contributed by atoms with Crippen LogP contribution < -0.4 is 20.5 Å². The standard InChI is InChI=1S/C17H18N4O3S/c1-22-13-6-5-11(8-15(13)23-2)21-17(18)19-9-12-10-25-16(20-12)14-4-3-7-24-14/h3-8,10H,9H2,1-2H3,(H3,18,19,21). The first kappa shape index (κ1) is 16.8. The zero-order valence-corrected chi connectivity index (χ0v) is 14.7. The van der Waals surface area contributed by atoms with Gasteiger partial charge in [-0.3, -0.25) is 0 Å². The molecule has 0 fully saturated rings. The maximum absolute atomic E-state index is 5.94. The quantitative estimate of drug-likeness (QED) is 0.518. The van der Waals surface area contributed by atoms with Gasteiger partial charge in [-0.1, -0.05) is 0 Å². The summed E-state index contributed by atoms with van der Waals surface area (Å²) in [5, 5.41) is 5.78. The van der Waals surface area contributed by atoms with Crippen molar-refractivity contribution in [2.24, 2.45) is 10.7 Å². The van der Waals surface area contributed by atoms with E-state index in [0.717, 1.165) is 22.1 Å². The molecule has 3 N–H and O–H groups in total. The summed E-state index contributed by atoms with van der Waals surface area (Å²) in [6, 6.07) is 9.13. The van der Waals surface area contributed by atoms with Crippen molar-refractivity contribution in [2.45, 2.75) is 6.54 Å². The van der Waals surface area contributed by atoms with Crippen LogP contribution in [0.15, 0.2) is 51.4 Å². The van der Waals surface area contributed by atoms with Gasteiger partial charge >= 0.3 is 0 Å². The number of methoxy groups -OCH3 is 2. The lowest BCUT2D eigenvalue weighted by molar-refractivity contribution is 0.355. The highest BCUT2D eigenvalue weighted by atomic mass is 32.1. The third-order valence-corrected chi connectivity index (χ3v) is 4.26. The van der Waals surface area contributed by atoms with Crippen LogP contribution in [0, 0.1) is 0 Å². The molecule has 0 spiro atoms. The van der Waals surface area contributed by atoms with Gasteiger partial charge in [0.15, 0.2) is 28.2 Å². The van der Waals surface area contributed by atoms with E-state index >= 15 is 0 Å². The SMILES string of the molecule is COc1ccc(NC(N)=NCc2csc(-c3ccco3)n2)cc1OC. The molecule has 2 aromatic heterocycles. The van der Waals surface area contributed by atoms with Gasteiger partial charge in [-0.05, 0) is 24.3 Å². The van der Waals surface area contributed by atoms with Crippen LogP contribution in [-0.4, -0.2) is 25.2 Å². The molecule has 7 nitrogen and oxygen atoms in total. The van der Waals surface area contributed by atoms with E-state index in [0.29, 0.717) is 24.0 Å². The summed E-state index contributed by atoms with van der Waals surface area (Å²) in [5.74, 6) is 2.30. The second kappa shape index (κ2) is 7.71. The summed E-state index contributed by atoms with van der Waals surface area (Å²) in [5.41, 5.74) is 7.53. The molecule has 130 valence electrons. The maximum atomic E-state index is 5.94. The smallest absolute Gasteiger partial charge is 0.193 e. The van der Waals surface area contributed by atoms with E-state index in [1.165, 1.54) is 11.3 Å². The second-order valence-corrected chi connectivity index (χ2v) is 5.88. The molecule has 0 aliphatic heterocycles. The molecule has 0 bridgehead atoms. The van der Waals surface area contributed by atoms with Gasteiger partial charge < -0.3 is 24.9 Å². The topological polar surface area (TPSA) is 94.9 Å². The van der Waals surface area contributed by atoms with Crippen LogP contribution in [0.4, 0.5) is 5.69 Å². The number of rotatable bonds is 6. The summed E-state index contributed by atoms with van der Waals surface area (Å²) >= 11 is 1.51. The van der Waals surface area contributed by atoms with Crippen LogP contribution in [0.1, 0.15) is 5.69 Å². The average Bonchev–Trinajstić information content (AvgIpc) is 3.31. The summed E-state index contributed by atoms with van der Waals surface area (Å²) in [4.78, 5) is 8.79. The average molecular weight is 358 g/mol. The number of thiazole rings is 1. The Morgan fingerprint density at radius 1 is 1.28 bits per heavy atom. The minimum Gasteiger partial charge on any atom is -0.493 e. The van der Waals surface area contributed by atoms with Gasteiger partial charge in [-0.25, -0.2) is 9.98 Å². The summed E-state index contributed by atoms with van der Waals surface area (Å²) in [6.45, 7) is 0.378. The summed E-state index contributed by atoms with van der Waals surface area (Å²) in [6.07, 6.45) is 1.62. The van der Waals surface area contributed by atoms with Gasteiger partial charge in [0, 0.05) is 17.1 Å². The van der Waals surface area contributed by atoms with Gasteiger partial charge in [0.25, 0.3) is 0 Å². The number of hydrogen-bond acceptors (Lipinski definition) is 6. The fourth-order valence-corrected chi connectivity index (χ4v) is 2.94. The van der Waals surface area contributed by atoms with E-state index in [-0.39, 0.29) is 0 Å². The molecule has 0 unspecified atom stereocenters. The monoisotopic (exact) mass is 358 g/mol. The van der Waals surface area contributed by atoms with Crippen molar-refractivity contribution in [1.29, 1.82) is 0 Å². The molecule has 0 aliphatic carbocycles. The van der Waals surface area contributed by atoms with Crippen LogP contribution in [0.3, 0.4) is 0 Å². The maximum Gasteiger partial charge on any atom is 0.193 e. The van der Waals surface area contributed by atoms with Crippen molar-refractivity contribution in [1.82, 2.24) is 4.98 Å². The van der Waals surface area contributed by atoms with Crippen molar-refractivity contribution in [3.63, 3.8) is 0 Å². The molecule has 0 radical (unpaired) electrons. The number of nitrogens with one attached hydrogen (secondary N) is 1. The van der Waals surface area contributed by atoms with Crippen LogP contribution in [0.2, 0.25) is 0 Å². The molecular weight excluding hydrogens is 340 g/mol. The van der Waals surface area contributed by atoms with E-state index in [1.807, 2.05) is 23.6 Å². The first-order valence-electron chi connectivity index (χ1n) is 7.47. The molecule has 25 heavy (non-hydrogen) atoms. The molecule has 0 saturated heterocycles. The number of benzene rings is 1. The summed E-state index contributed by atoms with van der Waals surface area (Å²) < 4.78 is 15.8. The highest BCUT2D eigenvalue weighted by Gasteiger charge is 2.07. The first-order chi connectivity index (χ1) is 12.2. The van der Waals surface area contributed by atoms with Gasteiger partial charge in [0.05, 0.1) is 32.7 Å². The lowest BCUT2D eigenvalue weighted by Gasteiger charge is -2.10. The first-order valence-corrected chi connectivity index (χ1v) is 8.35. The summed E-state index contributed by atoms with van der Waals surface area (Å²) in [7, 11) is 3.17. The second-order valence-electron chi connectivity index (χ2n) is 5.02. The third-order valence-electron chi connectivity index (χ3n) is 3.35. The Hall–Kier alpha value is -3.00. The number of anilines is 1. The largest absolute Gasteiger partial charge is 0.493 e. The van der Waals surface area contributed by atoms with Crippen molar-refractivity contribution >= 4 is 23.0 Å². The fourth-order valence-electron chi connectivity index (χ4n) is 2.16. The Balaban J connectivity index is 1.64. The Morgan fingerprint density at radius 3 is 2.84 bits per heavy atom. The Morgan fingerprint density at radius 2 is 2.12 bits per heavy atom. The lowest BCUT2D eigenvalue weighted by Crippen LogP contribution is -2.22. The van der Waals surface area contributed by atoms with Crippen LogP contribution in [0.25, 0.3) is 10.8 Å². The predicted molar refractivity (Wildman–Crippen MR) is 98.3 cm³/mol. The van der Waals surface area contributed by atoms with Gasteiger partial charge in [0.2, 0.25) is 0 Å². The van der Waals surface area contributed by atoms with Crippen LogP contribution in [-0.2, 0) is 6.54 Å².